The first-order valence-electron chi connectivity index (χ1n) is 12.1. The van der Waals surface area contributed by atoms with Crippen LogP contribution in [0.5, 0.6) is 0 Å². The van der Waals surface area contributed by atoms with E-state index in [9.17, 15) is 4.79 Å². The third-order valence-electron chi connectivity index (χ3n) is 5.34. The molecule has 0 aliphatic heterocycles. The van der Waals surface area contributed by atoms with Crippen LogP contribution in [0, 0.1) is 5.41 Å². The molecule has 0 rings (SSSR count). The zero-order chi connectivity index (χ0) is 20.2. The first-order valence-corrected chi connectivity index (χ1v) is 12.1. The van der Waals surface area contributed by atoms with Crippen molar-refractivity contribution in [3.63, 3.8) is 0 Å². The first kappa shape index (κ1) is 26.5. The zero-order valence-corrected chi connectivity index (χ0v) is 19.3. The van der Waals surface area contributed by atoms with Crippen molar-refractivity contribution in [1.29, 1.82) is 0 Å². The summed E-state index contributed by atoms with van der Waals surface area (Å²) in [6.07, 6.45) is 23.4. The molecule has 0 bridgehead atoms. The molecule has 2 heteroatoms. The predicted octanol–water partition coefficient (Wildman–Crippen LogP) is 8.62. The highest BCUT2D eigenvalue weighted by Crippen LogP contribution is 2.20. The Morgan fingerprint density at radius 1 is 0.630 bits per heavy atom. The van der Waals surface area contributed by atoms with Crippen molar-refractivity contribution in [3.8, 4) is 0 Å². The molecule has 0 unspecified atom stereocenters. The van der Waals surface area contributed by atoms with E-state index in [1.807, 2.05) is 0 Å². The Morgan fingerprint density at radius 2 is 1.00 bits per heavy atom. The zero-order valence-electron chi connectivity index (χ0n) is 19.3. The first-order chi connectivity index (χ1) is 13.0. The average molecular weight is 383 g/mol. The number of esters is 1. The average Bonchev–Trinajstić information content (AvgIpc) is 2.62. The van der Waals surface area contributed by atoms with Gasteiger partial charge < -0.3 is 4.74 Å². The number of carbonyl (C=O) groups is 1. The molecular formula is C25H50O2. The molecule has 0 aromatic carbocycles. The lowest BCUT2D eigenvalue weighted by atomic mass is 9.91. The van der Waals surface area contributed by atoms with E-state index in [-0.39, 0.29) is 11.4 Å². The molecule has 0 amide bonds. The third-order valence-corrected chi connectivity index (χ3v) is 5.34. The van der Waals surface area contributed by atoms with Gasteiger partial charge in [-0.2, -0.15) is 0 Å². The van der Waals surface area contributed by atoms with E-state index in [2.05, 4.69) is 27.7 Å². The Morgan fingerprint density at radius 3 is 1.37 bits per heavy atom. The second kappa shape index (κ2) is 18.8. The number of carbonyl (C=O) groups excluding carboxylic acids is 1. The molecule has 0 saturated heterocycles. The monoisotopic (exact) mass is 382 g/mol. The van der Waals surface area contributed by atoms with Crippen molar-refractivity contribution in [2.75, 3.05) is 6.61 Å². The Hall–Kier alpha value is -0.530. The number of unbranched alkanes of at least 4 members (excludes halogenated alkanes) is 15. The lowest BCUT2D eigenvalue weighted by molar-refractivity contribution is -0.144. The van der Waals surface area contributed by atoms with Crippen molar-refractivity contribution >= 4 is 5.97 Å². The van der Waals surface area contributed by atoms with Gasteiger partial charge in [0.1, 0.15) is 0 Å². The van der Waals surface area contributed by atoms with Crippen molar-refractivity contribution in [2.24, 2.45) is 5.41 Å². The van der Waals surface area contributed by atoms with Crippen LogP contribution in [0.4, 0.5) is 0 Å². The smallest absolute Gasteiger partial charge is 0.305 e. The SMILES string of the molecule is CCCCCCCCCCCCCCCCCCOC(=O)CCC(C)(C)C. The van der Waals surface area contributed by atoms with Gasteiger partial charge in [0.05, 0.1) is 6.61 Å². The maximum atomic E-state index is 11.6. The van der Waals surface area contributed by atoms with Gasteiger partial charge in [0.25, 0.3) is 0 Å². The van der Waals surface area contributed by atoms with E-state index in [4.69, 9.17) is 4.74 Å². The molecule has 162 valence electrons. The Kier molecular flexibility index (Phi) is 18.4. The highest BCUT2D eigenvalue weighted by atomic mass is 16.5. The third kappa shape index (κ3) is 23.4. The fourth-order valence-corrected chi connectivity index (χ4v) is 3.39. The van der Waals surface area contributed by atoms with Gasteiger partial charge in [0, 0.05) is 6.42 Å². The predicted molar refractivity (Wildman–Crippen MR) is 119 cm³/mol. The largest absolute Gasteiger partial charge is 0.466 e. The minimum atomic E-state index is -0.0223. The minimum absolute atomic E-state index is 0.0223. The second-order valence-electron chi connectivity index (χ2n) is 9.58. The lowest BCUT2D eigenvalue weighted by Gasteiger charge is -2.16. The summed E-state index contributed by atoms with van der Waals surface area (Å²) in [5.74, 6) is -0.0223. The number of rotatable bonds is 19. The van der Waals surface area contributed by atoms with E-state index in [0.717, 1.165) is 12.8 Å². The van der Waals surface area contributed by atoms with E-state index in [0.29, 0.717) is 13.0 Å². The van der Waals surface area contributed by atoms with Gasteiger partial charge in [-0.1, -0.05) is 124 Å². The summed E-state index contributed by atoms with van der Waals surface area (Å²) >= 11 is 0. The summed E-state index contributed by atoms with van der Waals surface area (Å²) in [6.45, 7) is 9.38. The van der Waals surface area contributed by atoms with E-state index >= 15 is 0 Å². The molecule has 0 aliphatic carbocycles. The Balaban J connectivity index is 3.14. The summed E-state index contributed by atoms with van der Waals surface area (Å²) in [5.41, 5.74) is 0.216. The molecule has 0 saturated carbocycles. The molecule has 2 nitrogen and oxygen atoms in total. The van der Waals surface area contributed by atoms with E-state index in [1.54, 1.807) is 0 Å². The van der Waals surface area contributed by atoms with Gasteiger partial charge in [0.2, 0.25) is 0 Å². The van der Waals surface area contributed by atoms with Gasteiger partial charge in [-0.25, -0.2) is 0 Å². The second-order valence-corrected chi connectivity index (χ2v) is 9.58. The lowest BCUT2D eigenvalue weighted by Crippen LogP contribution is -2.11. The van der Waals surface area contributed by atoms with Gasteiger partial charge in [-0.15, -0.1) is 0 Å². The molecule has 0 aromatic rings. The van der Waals surface area contributed by atoms with Crippen molar-refractivity contribution in [3.05, 3.63) is 0 Å². The van der Waals surface area contributed by atoms with Gasteiger partial charge in [0.15, 0.2) is 0 Å². The topological polar surface area (TPSA) is 26.3 Å². The summed E-state index contributed by atoms with van der Waals surface area (Å²) < 4.78 is 5.32. The molecule has 0 N–H and O–H groups in total. The molecule has 0 fully saturated rings. The fraction of sp³-hybridized carbons (Fsp3) is 0.960. The molecule has 0 aliphatic rings. The van der Waals surface area contributed by atoms with Crippen LogP contribution < -0.4 is 0 Å². The Labute approximate surface area is 171 Å². The molecule has 0 heterocycles. The number of hydrogen-bond donors (Lipinski definition) is 0. The summed E-state index contributed by atoms with van der Waals surface area (Å²) in [6, 6.07) is 0. The maximum Gasteiger partial charge on any atom is 0.305 e. The maximum absolute atomic E-state index is 11.6. The summed E-state index contributed by atoms with van der Waals surface area (Å²) in [4.78, 5) is 11.6. The van der Waals surface area contributed by atoms with Crippen LogP contribution in [-0.4, -0.2) is 12.6 Å². The summed E-state index contributed by atoms with van der Waals surface area (Å²) in [7, 11) is 0. The normalized spacial score (nSPS) is 11.7. The van der Waals surface area contributed by atoms with Crippen LogP contribution in [0.3, 0.4) is 0 Å². The summed E-state index contributed by atoms with van der Waals surface area (Å²) in [5, 5.41) is 0. The van der Waals surface area contributed by atoms with Crippen molar-refractivity contribution < 1.29 is 9.53 Å². The van der Waals surface area contributed by atoms with Gasteiger partial charge in [-0.3, -0.25) is 4.79 Å². The van der Waals surface area contributed by atoms with Crippen LogP contribution >= 0.6 is 0 Å². The van der Waals surface area contributed by atoms with Gasteiger partial charge in [-0.05, 0) is 18.3 Å². The number of hydrogen-bond acceptors (Lipinski definition) is 2. The van der Waals surface area contributed by atoms with Crippen LogP contribution in [0.1, 0.15) is 143 Å². The highest BCUT2D eigenvalue weighted by Gasteiger charge is 2.13. The van der Waals surface area contributed by atoms with Gasteiger partial charge >= 0.3 is 5.97 Å². The van der Waals surface area contributed by atoms with Crippen molar-refractivity contribution in [2.45, 2.75) is 143 Å². The fourth-order valence-electron chi connectivity index (χ4n) is 3.39. The standard InChI is InChI=1S/C25H50O2/c1-5-6-7-8-9-10-11-12-13-14-15-16-17-18-19-20-23-27-24(26)21-22-25(2,3)4/h5-23H2,1-4H3. The van der Waals surface area contributed by atoms with E-state index < -0.39 is 0 Å². The van der Waals surface area contributed by atoms with Crippen LogP contribution in [0.15, 0.2) is 0 Å². The number of ether oxygens (including phenoxy) is 1. The molecule has 0 radical (unpaired) electrons. The minimum Gasteiger partial charge on any atom is -0.466 e. The quantitative estimate of drug-likeness (QED) is 0.165. The van der Waals surface area contributed by atoms with Crippen LogP contribution in [-0.2, 0) is 9.53 Å². The molecule has 27 heavy (non-hydrogen) atoms. The van der Waals surface area contributed by atoms with Crippen LogP contribution in [0.2, 0.25) is 0 Å². The molecular weight excluding hydrogens is 332 g/mol. The highest BCUT2D eigenvalue weighted by molar-refractivity contribution is 5.69. The molecule has 0 atom stereocenters. The molecule has 0 aromatic heterocycles. The van der Waals surface area contributed by atoms with Crippen molar-refractivity contribution in [1.82, 2.24) is 0 Å². The van der Waals surface area contributed by atoms with E-state index in [1.165, 1.54) is 96.3 Å². The molecule has 0 spiro atoms. The van der Waals surface area contributed by atoms with Crippen LogP contribution in [0.25, 0.3) is 0 Å². The Bertz CT molecular complexity index is 317.